The molecule has 12 nitrogen and oxygen atoms in total. The summed E-state index contributed by atoms with van der Waals surface area (Å²) in [5.74, 6) is -3.48. The Kier molecular flexibility index (Phi) is 10.1. The number of ether oxygens (including phenoxy) is 2. The predicted molar refractivity (Wildman–Crippen MR) is 105 cm³/mol. The van der Waals surface area contributed by atoms with Gasteiger partial charge in [-0.2, -0.15) is 0 Å². The summed E-state index contributed by atoms with van der Waals surface area (Å²) in [6.07, 6.45) is -1.13. The van der Waals surface area contributed by atoms with Crippen molar-refractivity contribution >= 4 is 23.8 Å². The van der Waals surface area contributed by atoms with Crippen LogP contribution in [0.5, 0.6) is 0 Å². The van der Waals surface area contributed by atoms with Crippen LogP contribution in [0.2, 0.25) is 0 Å². The van der Waals surface area contributed by atoms with Gasteiger partial charge in [0, 0.05) is 13.3 Å². The summed E-state index contributed by atoms with van der Waals surface area (Å²) in [4.78, 5) is 38.6. The first kappa shape index (κ1) is 25.2. The minimum atomic E-state index is -1.73. The molecule has 0 aromatic heterocycles. The molecule has 0 saturated carbocycles. The van der Waals surface area contributed by atoms with Crippen molar-refractivity contribution in [2.24, 2.45) is 16.5 Å². The van der Waals surface area contributed by atoms with E-state index in [4.69, 9.17) is 20.9 Å². The van der Waals surface area contributed by atoms with Crippen molar-refractivity contribution in [3.8, 4) is 0 Å². The van der Waals surface area contributed by atoms with Crippen molar-refractivity contribution in [3.05, 3.63) is 11.8 Å². The van der Waals surface area contributed by atoms with Crippen LogP contribution in [0.4, 0.5) is 0 Å². The van der Waals surface area contributed by atoms with E-state index in [2.05, 4.69) is 10.3 Å². The van der Waals surface area contributed by atoms with Crippen LogP contribution in [0.1, 0.15) is 39.5 Å². The van der Waals surface area contributed by atoms with Crippen molar-refractivity contribution in [2.45, 2.75) is 69.9 Å². The number of carboxylic acids is 1. The minimum Gasteiger partial charge on any atom is -0.478 e. The number of nitrogens with zero attached hydrogens (tertiary/aromatic N) is 1. The van der Waals surface area contributed by atoms with Gasteiger partial charge in [-0.1, -0.05) is 19.8 Å². The first-order valence-electron chi connectivity index (χ1n) is 9.56. The van der Waals surface area contributed by atoms with Crippen molar-refractivity contribution in [2.75, 3.05) is 6.61 Å². The molecular formula is C18H30N4O8. The molecule has 170 valence electrons. The van der Waals surface area contributed by atoms with Crippen molar-refractivity contribution in [1.82, 2.24) is 5.32 Å². The zero-order valence-corrected chi connectivity index (χ0v) is 17.0. The Morgan fingerprint density at radius 3 is 2.50 bits per heavy atom. The summed E-state index contributed by atoms with van der Waals surface area (Å²) in [6, 6.07) is -2.18. The van der Waals surface area contributed by atoms with Gasteiger partial charge in [-0.05, 0) is 12.5 Å². The SMILES string of the molecule is CCCCCC(=O)OCC(O)C(O)C1OC(C(=O)O)=CC(N=C(N)N)C1NC(C)=O. The second kappa shape index (κ2) is 12.0. The summed E-state index contributed by atoms with van der Waals surface area (Å²) >= 11 is 0. The van der Waals surface area contributed by atoms with E-state index in [1.54, 1.807) is 0 Å². The molecule has 12 heteroatoms. The van der Waals surface area contributed by atoms with Crippen LogP contribution in [-0.4, -0.2) is 76.1 Å². The summed E-state index contributed by atoms with van der Waals surface area (Å²) < 4.78 is 10.2. The normalized spacial score (nSPS) is 22.7. The van der Waals surface area contributed by atoms with E-state index >= 15 is 0 Å². The van der Waals surface area contributed by atoms with Gasteiger partial charge in [-0.15, -0.1) is 0 Å². The maximum atomic E-state index is 11.7. The van der Waals surface area contributed by atoms with Gasteiger partial charge in [0.1, 0.15) is 24.9 Å². The molecule has 1 aliphatic rings. The highest BCUT2D eigenvalue weighted by molar-refractivity contribution is 5.85. The highest BCUT2D eigenvalue weighted by atomic mass is 16.6. The van der Waals surface area contributed by atoms with E-state index in [0.717, 1.165) is 18.9 Å². The van der Waals surface area contributed by atoms with Gasteiger partial charge >= 0.3 is 11.9 Å². The van der Waals surface area contributed by atoms with E-state index in [9.17, 15) is 29.7 Å². The van der Waals surface area contributed by atoms with Crippen LogP contribution in [-0.2, 0) is 23.9 Å². The Morgan fingerprint density at radius 1 is 1.30 bits per heavy atom. The number of aliphatic hydroxyl groups excluding tert-OH is 2. The van der Waals surface area contributed by atoms with Crippen molar-refractivity contribution in [1.29, 1.82) is 0 Å². The number of aliphatic carboxylic acids is 1. The molecule has 0 aromatic carbocycles. The number of guanidine groups is 1. The third-order valence-corrected chi connectivity index (χ3v) is 4.32. The molecule has 1 rings (SSSR count). The molecule has 0 fully saturated rings. The highest BCUT2D eigenvalue weighted by Gasteiger charge is 2.44. The van der Waals surface area contributed by atoms with Gasteiger partial charge in [0.25, 0.3) is 0 Å². The first-order valence-corrected chi connectivity index (χ1v) is 9.56. The Morgan fingerprint density at radius 2 is 1.97 bits per heavy atom. The fourth-order valence-corrected chi connectivity index (χ4v) is 2.90. The first-order chi connectivity index (χ1) is 14.1. The number of nitrogens with two attached hydrogens (primary N) is 2. The number of carboxylic acid groups (broad SMARTS) is 1. The Bertz CT molecular complexity index is 677. The molecule has 1 amide bonds. The molecular weight excluding hydrogens is 400 g/mol. The number of aliphatic hydroxyl groups is 2. The lowest BCUT2D eigenvalue weighted by Gasteiger charge is -2.38. The molecule has 1 aliphatic heterocycles. The highest BCUT2D eigenvalue weighted by Crippen LogP contribution is 2.25. The number of unbranched alkanes of at least 4 members (excludes halogenated alkanes) is 2. The Balaban J connectivity index is 2.98. The summed E-state index contributed by atoms with van der Waals surface area (Å²) in [5.41, 5.74) is 10.8. The number of carbonyl (C=O) groups is 3. The van der Waals surface area contributed by atoms with Crippen LogP contribution >= 0.6 is 0 Å². The maximum Gasteiger partial charge on any atom is 0.370 e. The van der Waals surface area contributed by atoms with Crippen LogP contribution in [0.25, 0.3) is 0 Å². The molecule has 5 atom stereocenters. The number of aliphatic imine (C=N–C) groups is 1. The fourth-order valence-electron chi connectivity index (χ4n) is 2.90. The van der Waals surface area contributed by atoms with E-state index in [1.807, 2.05) is 6.92 Å². The zero-order chi connectivity index (χ0) is 22.8. The summed E-state index contributed by atoms with van der Waals surface area (Å²) in [7, 11) is 0. The molecule has 0 radical (unpaired) electrons. The van der Waals surface area contributed by atoms with Crippen LogP contribution in [0.15, 0.2) is 16.8 Å². The molecule has 0 aromatic rings. The van der Waals surface area contributed by atoms with Gasteiger partial charge in [-0.3, -0.25) is 9.59 Å². The number of esters is 1. The standard InChI is InChI=1S/C18H30N4O8/c1-3-4-5-6-13(25)29-8-11(24)15(26)16-14(21-9(2)23)10(22-18(19)20)7-12(30-16)17(27)28/h7,10-11,14-16,24,26H,3-6,8H2,1-2H3,(H,21,23)(H,27,28)(H4,19,20,22). The number of nitrogens with one attached hydrogen (secondary N) is 1. The number of rotatable bonds is 11. The van der Waals surface area contributed by atoms with E-state index in [1.165, 1.54) is 6.92 Å². The molecule has 0 aliphatic carbocycles. The number of hydrogen-bond donors (Lipinski definition) is 6. The molecule has 5 unspecified atom stereocenters. The molecule has 0 spiro atoms. The van der Waals surface area contributed by atoms with Crippen molar-refractivity contribution < 1.29 is 39.2 Å². The molecule has 8 N–H and O–H groups in total. The van der Waals surface area contributed by atoms with E-state index in [0.29, 0.717) is 6.42 Å². The van der Waals surface area contributed by atoms with Crippen LogP contribution < -0.4 is 16.8 Å². The second-order valence-electron chi connectivity index (χ2n) is 6.89. The molecule has 0 bridgehead atoms. The predicted octanol–water partition coefficient (Wildman–Crippen LogP) is -1.65. The Labute approximate surface area is 173 Å². The third kappa shape index (κ3) is 7.87. The average Bonchev–Trinajstić information content (AvgIpc) is 2.65. The quantitative estimate of drug-likeness (QED) is 0.0952. The van der Waals surface area contributed by atoms with Crippen molar-refractivity contribution in [3.63, 3.8) is 0 Å². The lowest BCUT2D eigenvalue weighted by Crippen LogP contribution is -2.60. The third-order valence-electron chi connectivity index (χ3n) is 4.32. The van der Waals surface area contributed by atoms with Gasteiger partial charge in [0.05, 0.1) is 12.1 Å². The zero-order valence-electron chi connectivity index (χ0n) is 17.0. The summed E-state index contributed by atoms with van der Waals surface area (Å²) in [5, 5.41) is 32.6. The Hall–Kier alpha value is -2.86. The molecule has 0 saturated heterocycles. The smallest absolute Gasteiger partial charge is 0.370 e. The minimum absolute atomic E-state index is 0.170. The topological polar surface area (TPSA) is 207 Å². The molecule has 1 heterocycles. The lowest BCUT2D eigenvalue weighted by molar-refractivity contribution is -0.156. The van der Waals surface area contributed by atoms with Crippen LogP contribution in [0.3, 0.4) is 0 Å². The monoisotopic (exact) mass is 430 g/mol. The molecule has 30 heavy (non-hydrogen) atoms. The largest absolute Gasteiger partial charge is 0.478 e. The number of carbonyl (C=O) groups excluding carboxylic acids is 2. The average molecular weight is 430 g/mol. The van der Waals surface area contributed by atoms with E-state index in [-0.39, 0.29) is 12.4 Å². The van der Waals surface area contributed by atoms with Crippen LogP contribution in [0, 0.1) is 0 Å². The lowest BCUT2D eigenvalue weighted by atomic mass is 9.92. The second-order valence-corrected chi connectivity index (χ2v) is 6.89. The summed E-state index contributed by atoms with van der Waals surface area (Å²) in [6.45, 7) is 2.63. The van der Waals surface area contributed by atoms with E-state index < -0.39 is 60.6 Å². The van der Waals surface area contributed by atoms with Gasteiger partial charge in [0.2, 0.25) is 11.7 Å². The van der Waals surface area contributed by atoms with Gasteiger partial charge < -0.3 is 41.6 Å². The number of amides is 1. The fraction of sp³-hybridized carbons (Fsp3) is 0.667. The van der Waals surface area contributed by atoms with Gasteiger partial charge in [0.15, 0.2) is 5.96 Å². The maximum absolute atomic E-state index is 11.7. The number of hydrogen-bond acceptors (Lipinski definition) is 8. The van der Waals surface area contributed by atoms with Gasteiger partial charge in [-0.25, -0.2) is 9.79 Å².